The molecule has 1 unspecified atom stereocenters. The molecule has 2 heterocycles. The average molecular weight is 363 g/mol. The van der Waals surface area contributed by atoms with Crippen molar-refractivity contribution in [3.05, 3.63) is 42.2 Å². The number of benzene rings is 1. The van der Waals surface area contributed by atoms with Crippen molar-refractivity contribution in [2.45, 2.75) is 18.8 Å². The van der Waals surface area contributed by atoms with E-state index in [9.17, 15) is 13.2 Å². The molecule has 1 fully saturated rings. The molecule has 2 aromatic rings. The third-order valence-electron chi connectivity index (χ3n) is 4.09. The van der Waals surface area contributed by atoms with E-state index >= 15 is 0 Å². The number of rotatable bonds is 4. The van der Waals surface area contributed by atoms with E-state index in [0.29, 0.717) is 24.5 Å². The molecule has 0 bridgehead atoms. The number of carbonyl (C=O) groups is 1. The number of carbonyl (C=O) groups excluding carboxylic acids is 1. The fourth-order valence-corrected chi connectivity index (χ4v) is 3.54. The van der Waals surface area contributed by atoms with E-state index in [0.717, 1.165) is 24.8 Å². The van der Waals surface area contributed by atoms with Gasteiger partial charge in [-0.2, -0.15) is 5.10 Å². The molecule has 1 saturated heterocycles. The highest BCUT2D eigenvalue weighted by molar-refractivity contribution is 7.92. The van der Waals surface area contributed by atoms with Gasteiger partial charge in [0, 0.05) is 36.6 Å². The third kappa shape index (κ3) is 4.72. The number of sulfonamides is 1. The number of urea groups is 1. The number of amides is 2. The summed E-state index contributed by atoms with van der Waals surface area (Å²) in [5, 5.41) is 9.78. The minimum Gasteiger partial charge on any atom is -0.324 e. The Morgan fingerprint density at radius 1 is 1.32 bits per heavy atom. The number of hydrogen-bond acceptors (Lipinski definition) is 4. The van der Waals surface area contributed by atoms with Crippen molar-refractivity contribution in [2.75, 3.05) is 29.4 Å². The molecule has 3 rings (SSSR count). The van der Waals surface area contributed by atoms with Crippen LogP contribution in [0, 0.1) is 0 Å². The van der Waals surface area contributed by atoms with Crippen LogP contribution in [-0.2, 0) is 10.0 Å². The number of hydrogen-bond donors (Lipinski definition) is 3. The van der Waals surface area contributed by atoms with Crippen LogP contribution >= 0.6 is 0 Å². The molecule has 1 atom stereocenters. The maximum atomic E-state index is 12.5. The van der Waals surface area contributed by atoms with E-state index < -0.39 is 10.0 Å². The predicted molar refractivity (Wildman–Crippen MR) is 96.1 cm³/mol. The van der Waals surface area contributed by atoms with Crippen molar-refractivity contribution in [3.63, 3.8) is 0 Å². The molecule has 3 N–H and O–H groups in total. The van der Waals surface area contributed by atoms with Crippen LogP contribution in [0.5, 0.6) is 0 Å². The molecule has 1 aliphatic heterocycles. The summed E-state index contributed by atoms with van der Waals surface area (Å²) in [6.07, 6.45) is 4.74. The van der Waals surface area contributed by atoms with Crippen molar-refractivity contribution >= 4 is 27.4 Å². The van der Waals surface area contributed by atoms with E-state index in [4.69, 9.17) is 0 Å². The Morgan fingerprint density at radius 3 is 2.84 bits per heavy atom. The number of aromatic amines is 1. The number of anilines is 2. The van der Waals surface area contributed by atoms with Gasteiger partial charge in [0.15, 0.2) is 0 Å². The number of aromatic nitrogens is 2. The highest BCUT2D eigenvalue weighted by Gasteiger charge is 2.25. The van der Waals surface area contributed by atoms with Gasteiger partial charge in [-0.25, -0.2) is 13.2 Å². The summed E-state index contributed by atoms with van der Waals surface area (Å²) in [6, 6.07) is 8.38. The Morgan fingerprint density at radius 2 is 2.12 bits per heavy atom. The normalized spacial score (nSPS) is 18.0. The highest BCUT2D eigenvalue weighted by atomic mass is 32.2. The van der Waals surface area contributed by atoms with E-state index in [1.165, 1.54) is 0 Å². The molecule has 1 aromatic heterocycles. The molecule has 8 nitrogen and oxygen atoms in total. The summed E-state index contributed by atoms with van der Waals surface area (Å²) < 4.78 is 25.0. The van der Waals surface area contributed by atoms with Crippen LogP contribution in [0.1, 0.15) is 24.5 Å². The second kappa shape index (κ2) is 7.14. The maximum Gasteiger partial charge on any atom is 0.321 e. The van der Waals surface area contributed by atoms with E-state index in [-0.39, 0.29) is 11.9 Å². The standard InChI is InChI=1S/C16H21N5O3S/c1-25(23,24)20-14-6-2-5-13(10-14)18-16(22)21-9-3-4-12(11-21)15-7-8-17-19-15/h2,5-8,10,12,20H,3-4,9,11H2,1H3,(H,17,19)(H,18,22). The topological polar surface area (TPSA) is 107 Å². The van der Waals surface area contributed by atoms with Gasteiger partial charge in [-0.05, 0) is 37.1 Å². The van der Waals surface area contributed by atoms with Gasteiger partial charge in [-0.15, -0.1) is 0 Å². The van der Waals surface area contributed by atoms with Gasteiger partial charge in [0.05, 0.1) is 11.9 Å². The first-order valence-electron chi connectivity index (χ1n) is 8.04. The summed E-state index contributed by atoms with van der Waals surface area (Å²) in [5.41, 5.74) is 1.99. The molecule has 0 spiro atoms. The molecule has 2 amide bonds. The molecule has 0 radical (unpaired) electrons. The number of nitrogens with zero attached hydrogens (tertiary/aromatic N) is 2. The van der Waals surface area contributed by atoms with Crippen molar-refractivity contribution in [2.24, 2.45) is 0 Å². The predicted octanol–water partition coefficient (Wildman–Crippen LogP) is 2.19. The van der Waals surface area contributed by atoms with Crippen LogP contribution in [-0.4, -0.2) is 48.9 Å². The van der Waals surface area contributed by atoms with E-state index in [2.05, 4.69) is 20.2 Å². The lowest BCUT2D eigenvalue weighted by Crippen LogP contribution is -2.41. The van der Waals surface area contributed by atoms with Crippen molar-refractivity contribution in [1.29, 1.82) is 0 Å². The Kier molecular flexibility index (Phi) is 4.93. The molecule has 0 aliphatic carbocycles. The van der Waals surface area contributed by atoms with Gasteiger partial charge in [-0.3, -0.25) is 9.82 Å². The van der Waals surface area contributed by atoms with Crippen LogP contribution in [0.15, 0.2) is 36.5 Å². The van der Waals surface area contributed by atoms with Crippen molar-refractivity contribution in [1.82, 2.24) is 15.1 Å². The first-order valence-corrected chi connectivity index (χ1v) is 9.93. The summed E-state index contributed by atoms with van der Waals surface area (Å²) in [4.78, 5) is 14.3. The second-order valence-corrected chi connectivity index (χ2v) is 7.93. The number of nitrogens with one attached hydrogen (secondary N) is 3. The quantitative estimate of drug-likeness (QED) is 0.774. The Hall–Kier alpha value is -2.55. The van der Waals surface area contributed by atoms with E-state index in [1.807, 2.05) is 6.07 Å². The van der Waals surface area contributed by atoms with Crippen LogP contribution in [0.4, 0.5) is 16.2 Å². The fraction of sp³-hybridized carbons (Fsp3) is 0.375. The molecule has 1 aromatic carbocycles. The summed E-state index contributed by atoms with van der Waals surface area (Å²) in [5.74, 6) is 0.250. The lowest BCUT2D eigenvalue weighted by atomic mass is 9.95. The zero-order valence-electron chi connectivity index (χ0n) is 13.9. The largest absolute Gasteiger partial charge is 0.324 e. The molecule has 134 valence electrons. The van der Waals surface area contributed by atoms with Crippen LogP contribution in [0.25, 0.3) is 0 Å². The molecule has 0 saturated carbocycles. The summed E-state index contributed by atoms with van der Waals surface area (Å²) >= 11 is 0. The minimum atomic E-state index is -3.36. The zero-order chi connectivity index (χ0) is 17.9. The molecular formula is C16H21N5O3S. The number of H-pyrrole nitrogens is 1. The molecular weight excluding hydrogens is 342 g/mol. The smallest absolute Gasteiger partial charge is 0.321 e. The Labute approximate surface area is 146 Å². The Balaban J connectivity index is 1.64. The first kappa shape index (κ1) is 17.3. The van der Waals surface area contributed by atoms with E-state index in [1.54, 1.807) is 35.4 Å². The minimum absolute atomic E-state index is 0.194. The van der Waals surface area contributed by atoms with Crippen LogP contribution in [0.2, 0.25) is 0 Å². The lowest BCUT2D eigenvalue weighted by Gasteiger charge is -2.32. The average Bonchev–Trinajstić information content (AvgIpc) is 3.08. The van der Waals surface area contributed by atoms with Gasteiger partial charge in [0.1, 0.15) is 0 Å². The van der Waals surface area contributed by atoms with Gasteiger partial charge < -0.3 is 10.2 Å². The first-order chi connectivity index (χ1) is 11.9. The molecule has 1 aliphatic rings. The lowest BCUT2D eigenvalue weighted by molar-refractivity contribution is 0.192. The van der Waals surface area contributed by atoms with Gasteiger partial charge in [0.25, 0.3) is 0 Å². The SMILES string of the molecule is CS(=O)(=O)Nc1cccc(NC(=O)N2CCCC(c3ccn[nH]3)C2)c1. The van der Waals surface area contributed by atoms with Gasteiger partial charge >= 0.3 is 6.03 Å². The molecule has 25 heavy (non-hydrogen) atoms. The highest BCUT2D eigenvalue weighted by Crippen LogP contribution is 2.26. The number of likely N-dealkylation sites (tertiary alicyclic amines) is 1. The summed E-state index contributed by atoms with van der Waals surface area (Å²) in [7, 11) is -3.36. The van der Waals surface area contributed by atoms with Gasteiger partial charge in [-0.1, -0.05) is 6.07 Å². The van der Waals surface area contributed by atoms with Crippen molar-refractivity contribution < 1.29 is 13.2 Å². The number of piperidine rings is 1. The molecule has 9 heteroatoms. The summed E-state index contributed by atoms with van der Waals surface area (Å²) in [6.45, 7) is 1.31. The zero-order valence-corrected chi connectivity index (χ0v) is 14.7. The fourth-order valence-electron chi connectivity index (χ4n) is 2.99. The monoisotopic (exact) mass is 363 g/mol. The second-order valence-electron chi connectivity index (χ2n) is 6.18. The van der Waals surface area contributed by atoms with Crippen LogP contribution < -0.4 is 10.0 Å². The van der Waals surface area contributed by atoms with Gasteiger partial charge in [0.2, 0.25) is 10.0 Å². The Bertz CT molecular complexity index is 835. The maximum absolute atomic E-state index is 12.5. The van der Waals surface area contributed by atoms with Crippen molar-refractivity contribution in [3.8, 4) is 0 Å². The van der Waals surface area contributed by atoms with Crippen LogP contribution in [0.3, 0.4) is 0 Å². The third-order valence-corrected chi connectivity index (χ3v) is 4.69.